The van der Waals surface area contributed by atoms with Crippen molar-refractivity contribution in [3.8, 4) is 0 Å². The van der Waals surface area contributed by atoms with E-state index < -0.39 is 52.8 Å². The Balaban J connectivity index is 0.00000134. The van der Waals surface area contributed by atoms with E-state index in [4.69, 9.17) is 0 Å². The molecule has 210 valence electrons. The van der Waals surface area contributed by atoms with Gasteiger partial charge in [-0.25, -0.2) is 4.39 Å². The summed E-state index contributed by atoms with van der Waals surface area (Å²) in [4.78, 5) is 53.5. The maximum atomic E-state index is 13.9. The second kappa shape index (κ2) is 12.0. The van der Waals surface area contributed by atoms with Crippen LogP contribution in [0.3, 0.4) is 0 Å². The number of alkyl halides is 3. The average Bonchev–Trinajstić information content (AvgIpc) is 3.08. The Morgan fingerprint density at radius 1 is 1.03 bits per heavy atom. The van der Waals surface area contributed by atoms with E-state index >= 15 is 0 Å². The summed E-state index contributed by atoms with van der Waals surface area (Å²) in [6, 6.07) is 10.4. The molecule has 2 heterocycles. The molecule has 0 aromatic heterocycles. The number of imide groups is 1. The molecule has 1 unspecified atom stereocenters. The number of likely N-dealkylation sites (tertiary alicyclic amines) is 2. The molecule has 2 aliphatic heterocycles. The van der Waals surface area contributed by atoms with Gasteiger partial charge in [0, 0.05) is 20.1 Å². The lowest BCUT2D eigenvalue weighted by Crippen LogP contribution is -2.50. The highest BCUT2D eigenvalue weighted by Crippen LogP contribution is 2.51. The number of benzene rings is 2. The van der Waals surface area contributed by atoms with Crippen LogP contribution in [-0.4, -0.2) is 60.1 Å². The molecule has 1 N–H and O–H groups in total. The molecule has 4 amide bonds. The highest BCUT2D eigenvalue weighted by molar-refractivity contribution is 6.10. The number of amides is 4. The van der Waals surface area contributed by atoms with E-state index in [0.717, 1.165) is 10.5 Å². The van der Waals surface area contributed by atoms with Gasteiger partial charge < -0.3 is 10.2 Å². The lowest BCUT2D eigenvalue weighted by atomic mass is 9.67. The van der Waals surface area contributed by atoms with E-state index in [-0.39, 0.29) is 37.7 Å². The smallest absolute Gasteiger partial charge is 0.343 e. The van der Waals surface area contributed by atoms with Gasteiger partial charge in [0.25, 0.3) is 5.91 Å². The third kappa shape index (κ3) is 6.12. The van der Waals surface area contributed by atoms with Crippen molar-refractivity contribution >= 4 is 23.6 Å². The molecule has 2 saturated heterocycles. The monoisotopic (exact) mass is 549 g/mol. The molecule has 0 aliphatic carbocycles. The van der Waals surface area contributed by atoms with Gasteiger partial charge in [-0.3, -0.25) is 24.1 Å². The van der Waals surface area contributed by atoms with Crippen LogP contribution in [0.15, 0.2) is 48.5 Å². The molecule has 2 aromatic rings. The summed E-state index contributed by atoms with van der Waals surface area (Å²) in [5, 5.41) is 2.17. The Kier molecular flexibility index (Phi) is 9.14. The Morgan fingerprint density at radius 3 is 2.18 bits per heavy atom. The molecule has 0 bridgehead atoms. The van der Waals surface area contributed by atoms with Crippen LogP contribution >= 0.6 is 0 Å². The number of likely N-dealkylation sites (N-methyl/N-ethyl adjacent to an activating group) is 1. The number of piperidine rings is 1. The third-order valence-electron chi connectivity index (χ3n) is 6.94. The number of nitrogens with zero attached hydrogens (tertiary/aromatic N) is 2. The fourth-order valence-electron chi connectivity index (χ4n) is 4.99. The maximum Gasteiger partial charge on any atom is 0.416 e. The zero-order valence-corrected chi connectivity index (χ0v) is 22.0. The fourth-order valence-corrected chi connectivity index (χ4v) is 4.99. The van der Waals surface area contributed by atoms with Gasteiger partial charge in [0.1, 0.15) is 5.82 Å². The summed E-state index contributed by atoms with van der Waals surface area (Å²) in [6.45, 7) is 3.97. The molecule has 7 nitrogen and oxygen atoms in total. The van der Waals surface area contributed by atoms with Crippen LogP contribution in [0.2, 0.25) is 0 Å². The van der Waals surface area contributed by atoms with Gasteiger partial charge in [-0.05, 0) is 36.6 Å². The molecular formula is C28H31F4N3O4. The van der Waals surface area contributed by atoms with Crippen LogP contribution in [0, 0.1) is 11.2 Å². The first kappa shape index (κ1) is 29.8. The first-order valence-corrected chi connectivity index (χ1v) is 12.7. The standard InChI is InChI=1S/C25H23F4N3O4.C3H8/c1-31-22(35)20(15-5-3-2-4-6-15)24(23(31)36)9-11-32(12-10-24)19(33)14-30-21(34)17-13-16(25(27,28)29)7-8-18(17)26;1-3-2/h2-8,13,20H,9-12,14H2,1H3,(H,30,34);3H2,1-2H3. The molecule has 2 aromatic carbocycles. The normalized spacial score (nSPS) is 18.6. The van der Waals surface area contributed by atoms with Crippen LogP contribution in [0.25, 0.3) is 0 Å². The molecule has 2 fully saturated rings. The van der Waals surface area contributed by atoms with Gasteiger partial charge in [-0.1, -0.05) is 50.6 Å². The summed E-state index contributed by atoms with van der Waals surface area (Å²) in [5.74, 6) is -4.11. The van der Waals surface area contributed by atoms with Crippen molar-refractivity contribution in [2.45, 2.75) is 45.2 Å². The van der Waals surface area contributed by atoms with Gasteiger partial charge in [-0.15, -0.1) is 0 Å². The SMILES string of the molecule is CCC.CN1C(=O)C(c2ccccc2)C2(CCN(C(=O)CNC(=O)c3cc(C(F)(F)F)ccc3F)CC2)C1=O. The van der Waals surface area contributed by atoms with Gasteiger partial charge in [0.15, 0.2) is 0 Å². The van der Waals surface area contributed by atoms with E-state index in [2.05, 4.69) is 19.2 Å². The molecule has 2 aliphatic rings. The van der Waals surface area contributed by atoms with Crippen molar-refractivity contribution in [2.75, 3.05) is 26.7 Å². The summed E-state index contributed by atoms with van der Waals surface area (Å²) in [7, 11) is 1.44. The van der Waals surface area contributed by atoms with Crippen molar-refractivity contribution in [2.24, 2.45) is 5.41 Å². The second-order valence-electron chi connectivity index (χ2n) is 9.67. The van der Waals surface area contributed by atoms with Crippen molar-refractivity contribution in [3.05, 3.63) is 71.0 Å². The zero-order valence-electron chi connectivity index (χ0n) is 22.0. The molecule has 11 heteroatoms. The van der Waals surface area contributed by atoms with Crippen LogP contribution in [0.5, 0.6) is 0 Å². The van der Waals surface area contributed by atoms with E-state index in [9.17, 15) is 36.7 Å². The quantitative estimate of drug-likeness (QED) is 0.453. The van der Waals surface area contributed by atoms with Crippen molar-refractivity contribution in [3.63, 3.8) is 0 Å². The summed E-state index contributed by atoms with van der Waals surface area (Å²) >= 11 is 0. The molecule has 4 rings (SSSR count). The van der Waals surface area contributed by atoms with Crippen LogP contribution in [0.1, 0.15) is 60.5 Å². The van der Waals surface area contributed by atoms with E-state index in [1.807, 2.05) is 6.07 Å². The fraction of sp³-hybridized carbons (Fsp3) is 0.429. The molecule has 0 saturated carbocycles. The topological polar surface area (TPSA) is 86.8 Å². The van der Waals surface area contributed by atoms with Crippen molar-refractivity contribution < 1.29 is 36.7 Å². The van der Waals surface area contributed by atoms with Gasteiger partial charge in [0.2, 0.25) is 17.7 Å². The lowest BCUT2D eigenvalue weighted by Gasteiger charge is -2.40. The molecule has 1 spiro atoms. The number of halogens is 4. The Hall–Kier alpha value is -3.76. The minimum Gasteiger partial charge on any atom is -0.343 e. The Morgan fingerprint density at radius 2 is 1.62 bits per heavy atom. The number of hydrogen-bond acceptors (Lipinski definition) is 4. The number of rotatable bonds is 4. The first-order chi connectivity index (χ1) is 18.4. The predicted octanol–water partition coefficient (Wildman–Crippen LogP) is 4.38. The number of carbonyl (C=O) groups excluding carboxylic acids is 4. The highest BCUT2D eigenvalue weighted by atomic mass is 19.4. The van der Waals surface area contributed by atoms with E-state index in [1.165, 1.54) is 18.4 Å². The zero-order chi connectivity index (χ0) is 29.0. The number of carbonyl (C=O) groups is 4. The summed E-state index contributed by atoms with van der Waals surface area (Å²) in [6.07, 6.45) is -3.06. The van der Waals surface area contributed by atoms with Gasteiger partial charge >= 0.3 is 6.18 Å². The third-order valence-corrected chi connectivity index (χ3v) is 6.94. The largest absolute Gasteiger partial charge is 0.416 e. The number of hydrogen-bond donors (Lipinski definition) is 1. The van der Waals surface area contributed by atoms with Crippen LogP contribution in [-0.2, 0) is 20.6 Å². The average molecular weight is 550 g/mol. The summed E-state index contributed by atoms with van der Waals surface area (Å²) < 4.78 is 52.6. The Labute approximate surface area is 224 Å². The minimum atomic E-state index is -4.76. The van der Waals surface area contributed by atoms with Gasteiger partial charge in [-0.2, -0.15) is 13.2 Å². The lowest BCUT2D eigenvalue weighted by molar-refractivity contribution is -0.143. The summed E-state index contributed by atoms with van der Waals surface area (Å²) in [5.41, 5.74) is -2.28. The van der Waals surface area contributed by atoms with E-state index in [1.54, 1.807) is 24.3 Å². The minimum absolute atomic E-state index is 0.142. The van der Waals surface area contributed by atoms with Crippen molar-refractivity contribution in [1.82, 2.24) is 15.1 Å². The second-order valence-corrected chi connectivity index (χ2v) is 9.67. The molecule has 0 radical (unpaired) electrons. The Bertz CT molecular complexity index is 1230. The molecule has 39 heavy (non-hydrogen) atoms. The van der Waals surface area contributed by atoms with Crippen molar-refractivity contribution in [1.29, 1.82) is 0 Å². The van der Waals surface area contributed by atoms with Gasteiger partial charge in [0.05, 0.1) is 29.0 Å². The number of nitrogens with one attached hydrogen (secondary N) is 1. The van der Waals surface area contributed by atoms with Crippen LogP contribution in [0.4, 0.5) is 17.6 Å². The predicted molar refractivity (Wildman–Crippen MR) is 135 cm³/mol. The highest BCUT2D eigenvalue weighted by Gasteiger charge is 2.59. The maximum absolute atomic E-state index is 13.9. The molecule has 1 atom stereocenters. The van der Waals surface area contributed by atoms with E-state index in [0.29, 0.717) is 18.2 Å². The van der Waals surface area contributed by atoms with Crippen LogP contribution < -0.4 is 5.32 Å². The first-order valence-electron chi connectivity index (χ1n) is 12.7. The molecular weight excluding hydrogens is 518 g/mol.